The van der Waals surface area contributed by atoms with Crippen LogP contribution >= 0.6 is 0 Å². The van der Waals surface area contributed by atoms with Crippen molar-refractivity contribution < 1.29 is 14.1 Å². The Bertz CT molecular complexity index is 843. The van der Waals surface area contributed by atoms with Crippen LogP contribution in [0.5, 0.6) is 0 Å². The Morgan fingerprint density at radius 1 is 1.30 bits per heavy atom. The third-order valence-electron chi connectivity index (χ3n) is 5.20. The summed E-state index contributed by atoms with van der Waals surface area (Å²) in [5.74, 6) is -0.273. The number of fused-ring (bicyclic) bond motifs is 2. The van der Waals surface area contributed by atoms with Gasteiger partial charge in [0.05, 0.1) is 17.5 Å². The first-order valence-corrected chi connectivity index (χ1v) is 8.36. The summed E-state index contributed by atoms with van der Waals surface area (Å²) >= 11 is 0. The number of pyridine rings is 1. The van der Waals surface area contributed by atoms with Crippen molar-refractivity contribution in [3.8, 4) is 0 Å². The fraction of sp³-hybridized carbons (Fsp3) is 0.474. The van der Waals surface area contributed by atoms with Gasteiger partial charge in [0.1, 0.15) is 5.69 Å². The van der Waals surface area contributed by atoms with E-state index in [1.54, 1.807) is 0 Å². The molecule has 1 N–H and O–H groups in total. The Balaban J connectivity index is 2.32. The van der Waals surface area contributed by atoms with E-state index in [0.29, 0.717) is 18.3 Å². The zero-order chi connectivity index (χ0) is 16.9. The largest absolute Gasteiger partial charge is 0.461 e. The van der Waals surface area contributed by atoms with E-state index in [-0.39, 0.29) is 5.97 Å². The average molecular weight is 313 g/mol. The van der Waals surface area contributed by atoms with Crippen molar-refractivity contribution in [2.75, 3.05) is 6.61 Å². The number of aryl methyl sites for hydroxylation is 2. The van der Waals surface area contributed by atoms with Gasteiger partial charge in [-0.3, -0.25) is 0 Å². The van der Waals surface area contributed by atoms with Crippen molar-refractivity contribution in [2.24, 2.45) is 0 Å². The minimum Gasteiger partial charge on any atom is -0.461 e. The highest BCUT2D eigenvalue weighted by atomic mass is 16.5. The Morgan fingerprint density at radius 3 is 2.61 bits per heavy atom. The number of carbonyl (C=O) groups excluding carboxylic acids is 1. The number of nitrogens with zero attached hydrogens (tertiary/aromatic N) is 1. The molecular weight excluding hydrogens is 288 g/mol. The number of rotatable bonds is 3. The van der Waals surface area contributed by atoms with Crippen molar-refractivity contribution in [1.82, 2.24) is 4.98 Å². The van der Waals surface area contributed by atoms with Gasteiger partial charge in [-0.1, -0.05) is 6.92 Å². The highest BCUT2D eigenvalue weighted by molar-refractivity contribution is 5.99. The minimum absolute atomic E-state index is 0.273. The van der Waals surface area contributed by atoms with Gasteiger partial charge in [-0.15, -0.1) is 0 Å². The zero-order valence-corrected chi connectivity index (χ0v) is 14.8. The molecule has 1 atom stereocenters. The predicted molar refractivity (Wildman–Crippen MR) is 91.5 cm³/mol. The minimum atomic E-state index is -0.273. The Hall–Kier alpha value is -2.10. The molecule has 122 valence electrons. The van der Waals surface area contributed by atoms with Gasteiger partial charge in [0.15, 0.2) is 11.7 Å². The number of allylic oxidation sites excluding steroid dienone is 2. The second kappa shape index (κ2) is 5.52. The highest BCUT2D eigenvalue weighted by Crippen LogP contribution is 2.34. The first kappa shape index (κ1) is 15.8. The molecule has 4 heteroatoms. The van der Waals surface area contributed by atoms with Crippen molar-refractivity contribution in [2.45, 2.75) is 54.0 Å². The van der Waals surface area contributed by atoms with E-state index in [0.717, 1.165) is 22.9 Å². The fourth-order valence-electron chi connectivity index (χ4n) is 3.76. The van der Waals surface area contributed by atoms with Crippen LogP contribution in [0, 0.1) is 6.92 Å². The van der Waals surface area contributed by atoms with Crippen molar-refractivity contribution in [3.05, 3.63) is 34.3 Å². The van der Waals surface area contributed by atoms with Gasteiger partial charge in [-0.05, 0) is 33.3 Å². The van der Waals surface area contributed by atoms with E-state index in [2.05, 4.69) is 43.3 Å². The lowest BCUT2D eigenvalue weighted by atomic mass is 10.1. The van der Waals surface area contributed by atoms with E-state index in [4.69, 9.17) is 4.74 Å². The Labute approximate surface area is 137 Å². The number of aromatic nitrogens is 2. The average Bonchev–Trinajstić information content (AvgIpc) is 2.97. The van der Waals surface area contributed by atoms with Crippen LogP contribution in [-0.2, 0) is 11.2 Å². The first-order valence-electron chi connectivity index (χ1n) is 8.36. The third kappa shape index (κ3) is 2.12. The molecule has 0 amide bonds. The van der Waals surface area contributed by atoms with E-state index in [9.17, 15) is 4.79 Å². The smallest absolute Gasteiger partial charge is 0.355 e. The van der Waals surface area contributed by atoms with Crippen LogP contribution in [0.25, 0.3) is 16.5 Å². The molecule has 1 aliphatic rings. The maximum atomic E-state index is 12.2. The number of carbonyl (C=O) groups is 1. The third-order valence-corrected chi connectivity index (χ3v) is 5.20. The number of nitrogens with one attached hydrogen (secondary N) is 1. The zero-order valence-electron chi connectivity index (χ0n) is 14.8. The molecule has 23 heavy (non-hydrogen) atoms. The van der Waals surface area contributed by atoms with Crippen molar-refractivity contribution >= 4 is 22.4 Å². The summed E-state index contributed by atoms with van der Waals surface area (Å²) in [6.07, 6.45) is 0.927. The monoisotopic (exact) mass is 313 g/mol. The summed E-state index contributed by atoms with van der Waals surface area (Å²) in [5, 5.41) is 1.16. The molecule has 4 nitrogen and oxygen atoms in total. The van der Waals surface area contributed by atoms with Crippen molar-refractivity contribution in [1.29, 1.82) is 0 Å². The summed E-state index contributed by atoms with van der Waals surface area (Å²) in [6.45, 7) is 13.0. The van der Waals surface area contributed by atoms with Gasteiger partial charge in [0.25, 0.3) is 0 Å². The van der Waals surface area contributed by atoms with Gasteiger partial charge >= 0.3 is 5.97 Å². The molecule has 3 rings (SSSR count). The molecule has 0 saturated heterocycles. The predicted octanol–water partition coefficient (Wildman–Crippen LogP) is 3.87. The van der Waals surface area contributed by atoms with Crippen LogP contribution < -0.4 is 4.57 Å². The lowest BCUT2D eigenvalue weighted by molar-refractivity contribution is -0.713. The number of H-pyrrole nitrogens is 1. The lowest BCUT2D eigenvalue weighted by Crippen LogP contribution is -2.42. The molecule has 2 aromatic rings. The van der Waals surface area contributed by atoms with Gasteiger partial charge in [0.2, 0.25) is 5.69 Å². The van der Waals surface area contributed by atoms with Crippen LogP contribution in [0.1, 0.15) is 68.1 Å². The van der Waals surface area contributed by atoms with Crippen LogP contribution in [0.15, 0.2) is 11.6 Å². The maximum absolute atomic E-state index is 12.2. The second-order valence-corrected chi connectivity index (χ2v) is 6.32. The number of hydrogen-bond acceptors (Lipinski definition) is 2. The SMILES string of the molecule is CCOC(=O)c1[nH]c2cc3[n+](c(CC)c2c1C)C(C)C(C)=C3C. The molecule has 2 aromatic heterocycles. The van der Waals surface area contributed by atoms with E-state index >= 15 is 0 Å². The number of hydrogen-bond donors (Lipinski definition) is 1. The summed E-state index contributed by atoms with van der Waals surface area (Å²) in [6, 6.07) is 2.54. The highest BCUT2D eigenvalue weighted by Gasteiger charge is 2.36. The molecule has 0 aliphatic carbocycles. The van der Waals surface area contributed by atoms with E-state index in [1.165, 1.54) is 22.5 Å². The summed E-state index contributed by atoms with van der Waals surface area (Å²) in [7, 11) is 0. The molecule has 1 aliphatic heterocycles. The molecule has 0 radical (unpaired) electrons. The van der Waals surface area contributed by atoms with Crippen LogP contribution in [0.2, 0.25) is 0 Å². The molecule has 3 heterocycles. The number of aromatic amines is 1. The topological polar surface area (TPSA) is 46.0 Å². The molecule has 0 aromatic carbocycles. The maximum Gasteiger partial charge on any atom is 0.355 e. The molecule has 0 saturated carbocycles. The van der Waals surface area contributed by atoms with Crippen LogP contribution in [-0.4, -0.2) is 17.6 Å². The lowest BCUT2D eigenvalue weighted by Gasteiger charge is -2.09. The normalized spacial score (nSPS) is 17.0. The first-order chi connectivity index (χ1) is 10.9. The summed E-state index contributed by atoms with van der Waals surface area (Å²) < 4.78 is 7.61. The fourth-order valence-corrected chi connectivity index (χ4v) is 3.76. The standard InChI is InChI=1S/C19H24N2O2/c1-7-15-17-12(5)18(19(22)23-8-2)20-14(17)9-16-11(4)10(3)13(6)21(15)16/h9,13H,7-8H2,1-6H3/p+1. The quantitative estimate of drug-likeness (QED) is 0.690. The second-order valence-electron chi connectivity index (χ2n) is 6.32. The van der Waals surface area contributed by atoms with Gasteiger partial charge in [0, 0.05) is 30.6 Å². The van der Waals surface area contributed by atoms with Crippen molar-refractivity contribution in [3.63, 3.8) is 0 Å². The van der Waals surface area contributed by atoms with E-state index in [1.807, 2.05) is 13.8 Å². The molecule has 0 spiro atoms. The number of esters is 1. The number of ether oxygens (including phenoxy) is 1. The Morgan fingerprint density at radius 2 is 2.00 bits per heavy atom. The van der Waals surface area contributed by atoms with Gasteiger partial charge in [-0.25, -0.2) is 4.79 Å². The molecular formula is C19H25N2O2+. The summed E-state index contributed by atoms with van der Waals surface area (Å²) in [4.78, 5) is 15.5. The van der Waals surface area contributed by atoms with Crippen LogP contribution in [0.4, 0.5) is 0 Å². The Kier molecular flexibility index (Phi) is 3.78. The van der Waals surface area contributed by atoms with Gasteiger partial charge in [-0.2, -0.15) is 4.57 Å². The molecule has 0 bridgehead atoms. The van der Waals surface area contributed by atoms with E-state index < -0.39 is 0 Å². The summed E-state index contributed by atoms with van der Waals surface area (Å²) in [5.41, 5.74) is 7.86. The molecule has 0 fully saturated rings. The van der Waals surface area contributed by atoms with Crippen LogP contribution in [0.3, 0.4) is 0 Å². The van der Waals surface area contributed by atoms with Gasteiger partial charge < -0.3 is 9.72 Å². The molecule has 1 unspecified atom stereocenters.